The van der Waals surface area contributed by atoms with Crippen LogP contribution in [-0.2, 0) is 11.2 Å². The van der Waals surface area contributed by atoms with E-state index < -0.39 is 4.92 Å². The van der Waals surface area contributed by atoms with E-state index in [0.717, 1.165) is 43.3 Å². The molecule has 0 aromatic heterocycles. The molecular weight excluding hydrogens is 380 g/mol. The molecule has 8 heteroatoms. The molecule has 0 atom stereocenters. The average molecular weight is 403 g/mol. The highest BCUT2D eigenvalue weighted by molar-refractivity contribution is 6.30. The summed E-state index contributed by atoms with van der Waals surface area (Å²) in [5.74, 6) is -0.0753. The summed E-state index contributed by atoms with van der Waals surface area (Å²) in [4.78, 5) is 26.9. The first-order valence-corrected chi connectivity index (χ1v) is 9.62. The lowest BCUT2D eigenvalue weighted by Crippen LogP contribution is -2.48. The van der Waals surface area contributed by atoms with Crippen LogP contribution in [-0.4, -0.2) is 55.0 Å². The highest BCUT2D eigenvalue weighted by atomic mass is 35.5. The van der Waals surface area contributed by atoms with Gasteiger partial charge >= 0.3 is 0 Å². The van der Waals surface area contributed by atoms with Crippen molar-refractivity contribution in [2.24, 2.45) is 0 Å². The molecule has 0 spiro atoms. The van der Waals surface area contributed by atoms with Crippen LogP contribution in [0.1, 0.15) is 5.56 Å². The van der Waals surface area contributed by atoms with Crippen molar-refractivity contribution in [3.63, 3.8) is 0 Å². The first-order valence-electron chi connectivity index (χ1n) is 9.24. The molecule has 1 aliphatic rings. The van der Waals surface area contributed by atoms with Crippen molar-refractivity contribution in [1.82, 2.24) is 10.2 Å². The Kier molecular flexibility index (Phi) is 6.84. The predicted molar refractivity (Wildman–Crippen MR) is 110 cm³/mol. The topological polar surface area (TPSA) is 78.7 Å². The molecule has 1 fully saturated rings. The number of carbonyl (C=O) groups is 1. The normalized spacial score (nSPS) is 14.7. The summed E-state index contributed by atoms with van der Waals surface area (Å²) in [5.41, 5.74) is 1.97. The van der Waals surface area contributed by atoms with Gasteiger partial charge in [-0.2, -0.15) is 0 Å². The largest absolute Gasteiger partial charge is 0.369 e. The molecule has 1 N–H and O–H groups in total. The third kappa shape index (κ3) is 5.68. The van der Waals surface area contributed by atoms with E-state index in [1.807, 2.05) is 24.3 Å². The van der Waals surface area contributed by atoms with Crippen LogP contribution in [0.2, 0.25) is 5.02 Å². The van der Waals surface area contributed by atoms with Crippen molar-refractivity contribution in [3.8, 4) is 0 Å². The second-order valence-corrected chi connectivity index (χ2v) is 7.19. The summed E-state index contributed by atoms with van der Waals surface area (Å²) in [7, 11) is 0. The van der Waals surface area contributed by atoms with Crippen LogP contribution in [0.25, 0.3) is 0 Å². The molecule has 1 aliphatic heterocycles. The lowest BCUT2D eigenvalue weighted by molar-refractivity contribution is -0.384. The van der Waals surface area contributed by atoms with Crippen LogP contribution >= 0.6 is 11.6 Å². The SMILES string of the molecule is O=C(Cc1ccc([N+](=O)[O-])cc1)NCCN1CCN(c2ccc(Cl)cc2)CC1. The number of carbonyl (C=O) groups excluding carboxylic acids is 1. The number of nitro benzene ring substituents is 1. The highest BCUT2D eigenvalue weighted by Gasteiger charge is 2.17. The molecule has 148 valence electrons. The molecule has 1 amide bonds. The molecule has 28 heavy (non-hydrogen) atoms. The average Bonchev–Trinajstić information content (AvgIpc) is 2.69. The number of piperazine rings is 1. The summed E-state index contributed by atoms with van der Waals surface area (Å²) in [6, 6.07) is 14.0. The van der Waals surface area contributed by atoms with Crippen LogP contribution in [0.4, 0.5) is 11.4 Å². The number of non-ortho nitro benzene ring substituents is 1. The van der Waals surface area contributed by atoms with Crippen LogP contribution < -0.4 is 10.2 Å². The molecule has 0 radical (unpaired) electrons. The second-order valence-electron chi connectivity index (χ2n) is 6.76. The molecule has 0 saturated carbocycles. The number of hydrogen-bond acceptors (Lipinski definition) is 5. The van der Waals surface area contributed by atoms with E-state index in [2.05, 4.69) is 15.1 Å². The molecule has 2 aromatic rings. The van der Waals surface area contributed by atoms with Gasteiger partial charge in [-0.15, -0.1) is 0 Å². The van der Waals surface area contributed by atoms with Crippen LogP contribution in [0.5, 0.6) is 0 Å². The molecule has 1 heterocycles. The van der Waals surface area contributed by atoms with Gasteiger partial charge in [0.05, 0.1) is 11.3 Å². The zero-order valence-electron chi connectivity index (χ0n) is 15.5. The monoisotopic (exact) mass is 402 g/mol. The number of amides is 1. The molecule has 7 nitrogen and oxygen atoms in total. The van der Waals surface area contributed by atoms with E-state index >= 15 is 0 Å². The van der Waals surface area contributed by atoms with Crippen LogP contribution in [0.3, 0.4) is 0 Å². The second kappa shape index (κ2) is 9.52. The van der Waals surface area contributed by atoms with Gasteiger partial charge in [0.2, 0.25) is 5.91 Å². The molecular formula is C20H23ClN4O3. The van der Waals surface area contributed by atoms with Crippen molar-refractivity contribution in [2.45, 2.75) is 6.42 Å². The zero-order chi connectivity index (χ0) is 19.9. The first kappa shape index (κ1) is 20.1. The lowest BCUT2D eigenvalue weighted by atomic mass is 10.1. The van der Waals surface area contributed by atoms with Crippen LogP contribution in [0, 0.1) is 10.1 Å². The number of nitrogens with one attached hydrogen (secondary N) is 1. The summed E-state index contributed by atoms with van der Waals surface area (Å²) in [6.07, 6.45) is 0.225. The highest BCUT2D eigenvalue weighted by Crippen LogP contribution is 2.19. The Morgan fingerprint density at radius 2 is 1.68 bits per heavy atom. The van der Waals surface area contributed by atoms with E-state index in [1.54, 1.807) is 12.1 Å². The predicted octanol–water partition coefficient (Wildman–Crippen LogP) is 2.73. The molecule has 0 unspecified atom stereocenters. The molecule has 0 bridgehead atoms. The minimum absolute atomic E-state index is 0.0295. The number of anilines is 1. The van der Waals surface area contributed by atoms with Gasteiger partial charge in [-0.05, 0) is 29.8 Å². The number of halogens is 1. The fraction of sp³-hybridized carbons (Fsp3) is 0.350. The van der Waals surface area contributed by atoms with Crippen molar-refractivity contribution < 1.29 is 9.72 Å². The number of nitrogens with zero attached hydrogens (tertiary/aromatic N) is 3. The van der Waals surface area contributed by atoms with Gasteiger partial charge in [-0.3, -0.25) is 19.8 Å². The Hall–Kier alpha value is -2.64. The third-order valence-electron chi connectivity index (χ3n) is 4.83. The molecule has 2 aromatic carbocycles. The van der Waals surface area contributed by atoms with E-state index in [9.17, 15) is 14.9 Å². The van der Waals surface area contributed by atoms with E-state index in [4.69, 9.17) is 11.6 Å². The van der Waals surface area contributed by atoms with Gasteiger partial charge in [0, 0.05) is 62.1 Å². The van der Waals surface area contributed by atoms with Gasteiger partial charge in [-0.25, -0.2) is 0 Å². The summed E-state index contributed by atoms with van der Waals surface area (Å²) < 4.78 is 0. The summed E-state index contributed by atoms with van der Waals surface area (Å²) >= 11 is 5.94. The standard InChI is InChI=1S/C20H23ClN4O3/c21-17-3-7-18(8-4-17)24-13-11-23(12-14-24)10-9-22-20(26)15-16-1-5-19(6-2-16)25(27)28/h1-8H,9-15H2,(H,22,26). The fourth-order valence-corrected chi connectivity index (χ4v) is 3.34. The quantitative estimate of drug-likeness (QED) is 0.569. The van der Waals surface area contributed by atoms with Crippen molar-refractivity contribution >= 4 is 28.9 Å². The maximum atomic E-state index is 12.1. The van der Waals surface area contributed by atoms with Gasteiger partial charge < -0.3 is 10.2 Å². The molecule has 1 saturated heterocycles. The van der Waals surface area contributed by atoms with Crippen molar-refractivity contribution in [3.05, 3.63) is 69.2 Å². The van der Waals surface area contributed by atoms with Crippen molar-refractivity contribution in [2.75, 3.05) is 44.2 Å². The Labute approximate surface area is 169 Å². The third-order valence-corrected chi connectivity index (χ3v) is 5.08. The Morgan fingerprint density at radius 3 is 2.29 bits per heavy atom. The molecule has 3 rings (SSSR count). The zero-order valence-corrected chi connectivity index (χ0v) is 16.3. The van der Waals surface area contributed by atoms with Gasteiger partial charge in [0.15, 0.2) is 0 Å². The smallest absolute Gasteiger partial charge is 0.269 e. The van der Waals surface area contributed by atoms with Gasteiger partial charge in [0.25, 0.3) is 5.69 Å². The van der Waals surface area contributed by atoms with Crippen LogP contribution in [0.15, 0.2) is 48.5 Å². The Bertz CT molecular complexity index is 803. The number of rotatable bonds is 7. The number of nitro groups is 1. The Balaban J connectivity index is 1.35. The van der Waals surface area contributed by atoms with Crippen molar-refractivity contribution in [1.29, 1.82) is 0 Å². The summed E-state index contributed by atoms with van der Waals surface area (Å²) in [5, 5.41) is 14.3. The van der Waals surface area contributed by atoms with E-state index in [-0.39, 0.29) is 18.0 Å². The maximum absolute atomic E-state index is 12.1. The number of benzene rings is 2. The summed E-state index contributed by atoms with van der Waals surface area (Å²) in [6.45, 7) is 5.17. The maximum Gasteiger partial charge on any atom is 0.269 e. The fourth-order valence-electron chi connectivity index (χ4n) is 3.22. The minimum atomic E-state index is -0.448. The first-order chi connectivity index (χ1) is 13.5. The Morgan fingerprint density at radius 1 is 1.04 bits per heavy atom. The minimum Gasteiger partial charge on any atom is -0.369 e. The van der Waals surface area contributed by atoms with Gasteiger partial charge in [0.1, 0.15) is 0 Å². The van der Waals surface area contributed by atoms with Gasteiger partial charge in [-0.1, -0.05) is 23.7 Å². The van der Waals surface area contributed by atoms with E-state index in [0.29, 0.717) is 6.54 Å². The van der Waals surface area contributed by atoms with E-state index in [1.165, 1.54) is 17.8 Å². The molecule has 0 aliphatic carbocycles. The lowest BCUT2D eigenvalue weighted by Gasteiger charge is -2.36. The number of hydrogen-bond donors (Lipinski definition) is 1.